The summed E-state index contributed by atoms with van der Waals surface area (Å²) in [6.07, 6.45) is 2.16. The second-order valence-electron chi connectivity index (χ2n) is 5.89. The molecule has 0 aromatic carbocycles. The Labute approximate surface area is 126 Å². The number of aryl methyl sites for hydroxylation is 1. The fourth-order valence-corrected chi connectivity index (χ4v) is 2.53. The van der Waals surface area contributed by atoms with Gasteiger partial charge in [0.15, 0.2) is 0 Å². The minimum Gasteiger partial charge on any atom is -0.464 e. The summed E-state index contributed by atoms with van der Waals surface area (Å²) >= 11 is 0. The van der Waals surface area contributed by atoms with Crippen molar-refractivity contribution in [1.82, 2.24) is 10.2 Å². The molecule has 0 spiro atoms. The predicted octanol–water partition coefficient (Wildman–Crippen LogP) is 2.09. The topological polar surface area (TPSA) is 54.7 Å². The molecule has 1 aromatic rings. The molecular formula is C16H26N2O3. The van der Waals surface area contributed by atoms with E-state index in [1.807, 2.05) is 32.9 Å². The van der Waals surface area contributed by atoms with Crippen LogP contribution >= 0.6 is 0 Å². The lowest BCUT2D eigenvalue weighted by Gasteiger charge is -2.28. The minimum atomic E-state index is 0.0255. The third kappa shape index (κ3) is 4.86. The molecule has 1 aliphatic heterocycles. The van der Waals surface area contributed by atoms with Gasteiger partial charge in [0.05, 0.1) is 12.6 Å². The molecule has 1 N–H and O–H groups in total. The largest absolute Gasteiger partial charge is 0.464 e. The first-order valence-corrected chi connectivity index (χ1v) is 7.73. The second kappa shape index (κ2) is 7.61. The fourth-order valence-electron chi connectivity index (χ4n) is 2.53. The number of hydrogen-bond acceptors (Lipinski definition) is 4. The van der Waals surface area contributed by atoms with E-state index in [0.717, 1.165) is 37.5 Å². The van der Waals surface area contributed by atoms with E-state index >= 15 is 0 Å². The highest BCUT2D eigenvalue weighted by molar-refractivity contribution is 5.77. The van der Waals surface area contributed by atoms with Crippen LogP contribution in [0.5, 0.6) is 0 Å². The zero-order valence-electron chi connectivity index (χ0n) is 13.2. The summed E-state index contributed by atoms with van der Waals surface area (Å²) < 4.78 is 11.3. The Morgan fingerprint density at radius 2 is 2.14 bits per heavy atom. The minimum absolute atomic E-state index is 0.0255. The quantitative estimate of drug-likeness (QED) is 0.873. The molecule has 0 aliphatic carbocycles. The van der Waals surface area contributed by atoms with Crippen molar-refractivity contribution in [3.05, 3.63) is 23.7 Å². The smallest absolute Gasteiger partial charge is 0.249 e. The Hall–Kier alpha value is -1.33. The zero-order chi connectivity index (χ0) is 15.2. The number of nitrogens with zero attached hydrogens (tertiary/aromatic N) is 1. The van der Waals surface area contributed by atoms with E-state index in [1.54, 1.807) is 4.90 Å². The van der Waals surface area contributed by atoms with E-state index in [9.17, 15) is 4.79 Å². The monoisotopic (exact) mass is 294 g/mol. The SMILES string of the molecule is Cc1ccc(CN(C(=O)COC2CCNCC2)C(C)C)o1. The summed E-state index contributed by atoms with van der Waals surface area (Å²) in [5.74, 6) is 1.71. The Morgan fingerprint density at radius 1 is 1.43 bits per heavy atom. The van der Waals surface area contributed by atoms with Crippen molar-refractivity contribution in [3.63, 3.8) is 0 Å². The van der Waals surface area contributed by atoms with Crippen molar-refractivity contribution in [2.24, 2.45) is 0 Å². The van der Waals surface area contributed by atoms with E-state index in [0.29, 0.717) is 6.54 Å². The van der Waals surface area contributed by atoms with Gasteiger partial charge in [-0.2, -0.15) is 0 Å². The molecule has 21 heavy (non-hydrogen) atoms. The first-order chi connectivity index (χ1) is 10.1. The average Bonchev–Trinajstić information content (AvgIpc) is 2.88. The van der Waals surface area contributed by atoms with Gasteiger partial charge in [0.1, 0.15) is 18.1 Å². The predicted molar refractivity (Wildman–Crippen MR) is 81.0 cm³/mol. The highest BCUT2D eigenvalue weighted by Gasteiger charge is 2.21. The first kappa shape index (κ1) is 16.0. The molecule has 5 heteroatoms. The number of carbonyl (C=O) groups excluding carboxylic acids is 1. The van der Waals surface area contributed by atoms with E-state index in [2.05, 4.69) is 5.32 Å². The van der Waals surface area contributed by atoms with E-state index in [4.69, 9.17) is 9.15 Å². The Bertz CT molecular complexity index is 450. The van der Waals surface area contributed by atoms with Crippen LogP contribution in [0.2, 0.25) is 0 Å². The molecule has 2 rings (SSSR count). The number of piperidine rings is 1. The van der Waals surface area contributed by atoms with Crippen LogP contribution in [-0.4, -0.2) is 42.6 Å². The van der Waals surface area contributed by atoms with E-state index < -0.39 is 0 Å². The van der Waals surface area contributed by atoms with Gasteiger partial charge in [-0.15, -0.1) is 0 Å². The number of nitrogens with one attached hydrogen (secondary N) is 1. The van der Waals surface area contributed by atoms with Crippen molar-refractivity contribution in [2.75, 3.05) is 19.7 Å². The first-order valence-electron chi connectivity index (χ1n) is 7.73. The summed E-state index contributed by atoms with van der Waals surface area (Å²) in [6.45, 7) is 8.53. The summed E-state index contributed by atoms with van der Waals surface area (Å²) in [6, 6.07) is 3.97. The summed E-state index contributed by atoms with van der Waals surface area (Å²) in [5.41, 5.74) is 0. The average molecular weight is 294 g/mol. The van der Waals surface area contributed by atoms with Gasteiger partial charge >= 0.3 is 0 Å². The molecule has 1 aliphatic rings. The molecule has 1 fully saturated rings. The van der Waals surface area contributed by atoms with Crippen LogP contribution < -0.4 is 5.32 Å². The van der Waals surface area contributed by atoms with Gasteiger partial charge < -0.3 is 19.4 Å². The summed E-state index contributed by atoms with van der Waals surface area (Å²) in [7, 11) is 0. The molecule has 118 valence electrons. The highest BCUT2D eigenvalue weighted by Crippen LogP contribution is 2.13. The third-order valence-electron chi connectivity index (χ3n) is 3.79. The van der Waals surface area contributed by atoms with Crippen molar-refractivity contribution >= 4 is 5.91 Å². The van der Waals surface area contributed by atoms with Gasteiger partial charge in [-0.25, -0.2) is 0 Å². The fraction of sp³-hybridized carbons (Fsp3) is 0.688. The van der Waals surface area contributed by atoms with Crippen molar-refractivity contribution in [1.29, 1.82) is 0 Å². The zero-order valence-corrected chi connectivity index (χ0v) is 13.2. The van der Waals surface area contributed by atoms with Crippen LogP contribution in [0.15, 0.2) is 16.5 Å². The molecule has 1 saturated heterocycles. The molecule has 2 heterocycles. The normalized spacial score (nSPS) is 16.4. The van der Waals surface area contributed by atoms with Gasteiger partial charge in [-0.1, -0.05) is 0 Å². The maximum Gasteiger partial charge on any atom is 0.249 e. The maximum atomic E-state index is 12.4. The van der Waals surface area contributed by atoms with Crippen LogP contribution in [0.25, 0.3) is 0 Å². The van der Waals surface area contributed by atoms with E-state index in [-0.39, 0.29) is 24.7 Å². The molecule has 5 nitrogen and oxygen atoms in total. The lowest BCUT2D eigenvalue weighted by atomic mass is 10.1. The van der Waals surface area contributed by atoms with Crippen LogP contribution in [0.4, 0.5) is 0 Å². The molecule has 0 saturated carbocycles. The van der Waals surface area contributed by atoms with Gasteiger partial charge in [-0.05, 0) is 58.8 Å². The van der Waals surface area contributed by atoms with Crippen molar-refractivity contribution in [3.8, 4) is 0 Å². The molecule has 1 amide bonds. The molecule has 1 aromatic heterocycles. The highest BCUT2D eigenvalue weighted by atomic mass is 16.5. The van der Waals surface area contributed by atoms with Crippen molar-refractivity contribution < 1.29 is 13.9 Å². The standard InChI is InChI=1S/C16H26N2O3/c1-12(2)18(10-15-5-4-13(3)21-15)16(19)11-20-14-6-8-17-9-7-14/h4-5,12,14,17H,6-11H2,1-3H3. The number of ether oxygens (including phenoxy) is 1. The van der Waals surface area contributed by atoms with Crippen LogP contribution in [0.1, 0.15) is 38.2 Å². The molecule has 0 bridgehead atoms. The van der Waals surface area contributed by atoms with Gasteiger partial charge in [0, 0.05) is 6.04 Å². The number of furan rings is 1. The van der Waals surface area contributed by atoms with E-state index in [1.165, 1.54) is 0 Å². The van der Waals surface area contributed by atoms with Gasteiger partial charge in [0.2, 0.25) is 5.91 Å². The molecule has 0 atom stereocenters. The van der Waals surface area contributed by atoms with Crippen LogP contribution in [0, 0.1) is 6.92 Å². The van der Waals surface area contributed by atoms with Crippen LogP contribution in [0.3, 0.4) is 0 Å². The Kier molecular flexibility index (Phi) is 5.82. The van der Waals surface area contributed by atoms with Crippen molar-refractivity contribution in [2.45, 2.75) is 52.3 Å². The Morgan fingerprint density at radius 3 is 2.71 bits per heavy atom. The number of carbonyl (C=O) groups is 1. The second-order valence-corrected chi connectivity index (χ2v) is 5.89. The maximum absolute atomic E-state index is 12.4. The molecule has 0 unspecified atom stereocenters. The van der Waals surface area contributed by atoms with Gasteiger partial charge in [-0.3, -0.25) is 4.79 Å². The molecular weight excluding hydrogens is 268 g/mol. The number of rotatable bonds is 6. The Balaban J connectivity index is 1.86. The number of hydrogen-bond donors (Lipinski definition) is 1. The van der Waals surface area contributed by atoms with Gasteiger partial charge in [0.25, 0.3) is 0 Å². The molecule has 0 radical (unpaired) electrons. The lowest BCUT2D eigenvalue weighted by molar-refractivity contribution is -0.141. The summed E-state index contributed by atoms with van der Waals surface area (Å²) in [5, 5.41) is 3.29. The third-order valence-corrected chi connectivity index (χ3v) is 3.79. The number of amides is 1. The summed E-state index contributed by atoms with van der Waals surface area (Å²) in [4.78, 5) is 14.2. The van der Waals surface area contributed by atoms with Crippen LogP contribution in [-0.2, 0) is 16.1 Å². The lowest BCUT2D eigenvalue weighted by Crippen LogP contribution is -2.40.